The van der Waals surface area contributed by atoms with E-state index in [0.29, 0.717) is 25.2 Å². The highest BCUT2D eigenvalue weighted by Gasteiger charge is 2.39. The number of likely N-dealkylation sites (N-methyl/N-ethyl adjacent to an activating group) is 1. The summed E-state index contributed by atoms with van der Waals surface area (Å²) in [6.45, 7) is 9.38. The third kappa shape index (κ3) is 3.66. The molecule has 3 rings (SSSR count). The molecule has 0 bridgehead atoms. The molecule has 1 aliphatic rings. The highest BCUT2D eigenvalue weighted by atomic mass is 32.1. The number of carbonyl (C=O) groups excluding carboxylic acids is 2. The van der Waals surface area contributed by atoms with Gasteiger partial charge in [0, 0.05) is 33.8 Å². The minimum Gasteiger partial charge on any atom is -0.466 e. The molecule has 0 amide bonds. The van der Waals surface area contributed by atoms with Crippen molar-refractivity contribution in [2.45, 2.75) is 39.2 Å². The van der Waals surface area contributed by atoms with Crippen LogP contribution in [0, 0.1) is 0 Å². The zero-order chi connectivity index (χ0) is 20.6. The van der Waals surface area contributed by atoms with Crippen LogP contribution >= 0.6 is 22.7 Å². The maximum absolute atomic E-state index is 11.9. The van der Waals surface area contributed by atoms with Gasteiger partial charge in [0.1, 0.15) is 6.61 Å². The molecule has 28 heavy (non-hydrogen) atoms. The second kappa shape index (κ2) is 7.81. The van der Waals surface area contributed by atoms with Gasteiger partial charge in [0.2, 0.25) is 0 Å². The summed E-state index contributed by atoms with van der Waals surface area (Å²) in [7, 11) is 2.01. The van der Waals surface area contributed by atoms with Crippen molar-refractivity contribution in [3.63, 3.8) is 0 Å². The fraction of sp³-hybridized carbons (Fsp3) is 0.429. The zero-order valence-electron chi connectivity index (χ0n) is 16.9. The Morgan fingerprint density at radius 1 is 1.29 bits per heavy atom. The molecule has 2 aromatic rings. The first-order valence-electron chi connectivity index (χ1n) is 9.20. The smallest absolute Gasteiger partial charge is 0.293 e. The molecule has 150 valence electrons. The predicted molar refractivity (Wildman–Crippen MR) is 117 cm³/mol. The van der Waals surface area contributed by atoms with Crippen molar-refractivity contribution in [1.29, 1.82) is 0 Å². The maximum Gasteiger partial charge on any atom is 0.293 e. The van der Waals surface area contributed by atoms with E-state index in [1.807, 2.05) is 20.0 Å². The van der Waals surface area contributed by atoms with Gasteiger partial charge in [-0.05, 0) is 43.2 Å². The van der Waals surface area contributed by atoms with Crippen molar-refractivity contribution in [3.05, 3.63) is 33.7 Å². The van der Waals surface area contributed by atoms with E-state index in [4.69, 9.17) is 10.5 Å². The van der Waals surface area contributed by atoms with E-state index in [0.717, 1.165) is 9.88 Å². The molecule has 0 saturated heterocycles. The minimum absolute atomic E-state index is 0.0149. The van der Waals surface area contributed by atoms with Gasteiger partial charge in [-0.2, -0.15) is 0 Å². The lowest BCUT2D eigenvalue weighted by molar-refractivity contribution is -0.128. The summed E-state index contributed by atoms with van der Waals surface area (Å²) in [5, 5.41) is 1.16. The lowest BCUT2D eigenvalue weighted by Gasteiger charge is -2.20. The van der Waals surface area contributed by atoms with Crippen LogP contribution in [0.1, 0.15) is 43.7 Å². The van der Waals surface area contributed by atoms with Gasteiger partial charge < -0.3 is 15.4 Å². The number of nitrogens with two attached hydrogens (primary N) is 1. The molecule has 0 aromatic carbocycles. The molecule has 2 heterocycles. The van der Waals surface area contributed by atoms with E-state index in [2.05, 4.69) is 30.9 Å². The zero-order valence-corrected chi connectivity index (χ0v) is 18.5. The van der Waals surface area contributed by atoms with Gasteiger partial charge in [-0.3, -0.25) is 9.59 Å². The van der Waals surface area contributed by atoms with Gasteiger partial charge in [0.15, 0.2) is 5.78 Å². The molecule has 0 radical (unpaired) electrons. The molecule has 0 fully saturated rings. The van der Waals surface area contributed by atoms with Crippen LogP contribution in [0.15, 0.2) is 17.7 Å². The van der Waals surface area contributed by atoms with Crippen molar-refractivity contribution in [1.82, 2.24) is 0 Å². The Morgan fingerprint density at radius 2 is 1.93 bits per heavy atom. The van der Waals surface area contributed by atoms with E-state index in [1.54, 1.807) is 29.6 Å². The van der Waals surface area contributed by atoms with E-state index < -0.39 is 0 Å². The summed E-state index contributed by atoms with van der Waals surface area (Å²) in [5.41, 5.74) is 9.16. The number of fused-ring (bicyclic) bond motifs is 3. The molecule has 0 aliphatic heterocycles. The van der Waals surface area contributed by atoms with Crippen LogP contribution in [0.25, 0.3) is 15.8 Å². The molecule has 0 saturated carbocycles. The number of ether oxygens (including phenoxy) is 1. The van der Waals surface area contributed by atoms with Crippen molar-refractivity contribution in [2.75, 3.05) is 25.1 Å². The molecule has 1 aliphatic carbocycles. The van der Waals surface area contributed by atoms with Gasteiger partial charge in [0.05, 0.1) is 16.4 Å². The Balaban J connectivity index is 1.96. The third-order valence-electron chi connectivity index (χ3n) is 5.21. The lowest BCUT2D eigenvalue weighted by Crippen LogP contribution is -2.22. The number of thiophene rings is 2. The number of nitrogens with zero attached hydrogens (tertiary/aromatic N) is 1. The number of hydrogen-bond acceptors (Lipinski definition) is 7. The van der Waals surface area contributed by atoms with Crippen molar-refractivity contribution in [2.24, 2.45) is 5.73 Å². The van der Waals surface area contributed by atoms with Gasteiger partial charge in [-0.1, -0.05) is 13.8 Å². The topological polar surface area (TPSA) is 72.6 Å². The first-order chi connectivity index (χ1) is 13.2. The average Bonchev–Trinajstić information content (AvgIpc) is 3.27. The van der Waals surface area contributed by atoms with Gasteiger partial charge in [0.25, 0.3) is 6.47 Å². The number of rotatable bonds is 8. The molecule has 5 nitrogen and oxygen atoms in total. The van der Waals surface area contributed by atoms with Crippen molar-refractivity contribution < 1.29 is 14.3 Å². The lowest BCUT2D eigenvalue weighted by atomic mass is 9.84. The number of carbonyl (C=O) groups is 2. The Kier molecular flexibility index (Phi) is 5.79. The second-order valence-electron chi connectivity index (χ2n) is 7.68. The van der Waals surface area contributed by atoms with Crippen LogP contribution in [-0.4, -0.2) is 38.5 Å². The van der Waals surface area contributed by atoms with E-state index in [-0.39, 0.29) is 17.2 Å². The summed E-state index contributed by atoms with van der Waals surface area (Å²) < 4.78 is 4.82. The van der Waals surface area contributed by atoms with Crippen molar-refractivity contribution in [3.8, 4) is 9.75 Å². The Hall–Kier alpha value is -1.96. The van der Waals surface area contributed by atoms with E-state index >= 15 is 0 Å². The van der Waals surface area contributed by atoms with E-state index in [1.165, 1.54) is 20.9 Å². The highest BCUT2D eigenvalue weighted by Crippen LogP contribution is 2.57. The summed E-state index contributed by atoms with van der Waals surface area (Å²) in [6.07, 6.45) is 1.93. The molecule has 1 atom stereocenters. The van der Waals surface area contributed by atoms with Gasteiger partial charge in [-0.15, -0.1) is 22.7 Å². The third-order valence-corrected chi connectivity index (χ3v) is 7.70. The molecule has 7 heteroatoms. The van der Waals surface area contributed by atoms with Crippen LogP contribution in [0.4, 0.5) is 5.00 Å². The first kappa shape index (κ1) is 20.8. The Morgan fingerprint density at radius 3 is 2.54 bits per heavy atom. The number of anilines is 1. The quantitative estimate of drug-likeness (QED) is 0.398. The fourth-order valence-electron chi connectivity index (χ4n) is 3.51. The molecule has 1 unspecified atom stereocenters. The number of Topliss-reactive ketones (excluding diaryl/α,β-unsaturated/α-hetero) is 1. The summed E-state index contributed by atoms with van der Waals surface area (Å²) in [6, 6.07) is 4.15. The number of hydrogen-bond donors (Lipinski definition) is 1. The predicted octanol–water partition coefficient (Wildman–Crippen LogP) is 4.04. The van der Waals surface area contributed by atoms with E-state index in [9.17, 15) is 9.59 Å². The monoisotopic (exact) mass is 418 g/mol. The fourth-order valence-corrected chi connectivity index (χ4v) is 6.25. The average molecular weight is 419 g/mol. The van der Waals surface area contributed by atoms with Crippen LogP contribution in [-0.2, 0) is 19.7 Å². The van der Waals surface area contributed by atoms with Crippen LogP contribution in [0.3, 0.4) is 0 Å². The normalized spacial score (nSPS) is 15.7. The first-order valence-corrected chi connectivity index (χ1v) is 10.8. The Bertz CT molecular complexity index is 938. The van der Waals surface area contributed by atoms with Crippen LogP contribution in [0.5, 0.6) is 0 Å². The summed E-state index contributed by atoms with van der Waals surface area (Å²) in [5.74, 6) is 0.0149. The maximum atomic E-state index is 11.9. The summed E-state index contributed by atoms with van der Waals surface area (Å²) >= 11 is 3.47. The number of ketones is 1. The Labute approximate surface area is 173 Å². The highest BCUT2D eigenvalue weighted by molar-refractivity contribution is 7.25. The SMILES string of the molecule is CC(=O)/C(=C/c1cc2c(s1)-c1sc(N(C)CCOC=O)cc1C2(C)C)C(C)N. The van der Waals surface area contributed by atoms with Crippen LogP contribution < -0.4 is 10.6 Å². The van der Waals surface area contributed by atoms with Gasteiger partial charge in [-0.25, -0.2) is 0 Å². The molecule has 0 spiro atoms. The minimum atomic E-state index is -0.284. The second-order valence-corrected chi connectivity index (χ2v) is 9.79. The standard InChI is InChI=1S/C21H26N2O3S2/c1-12(22)15(13(2)25)8-14-9-16-19(27-14)20-17(21(16,3)4)10-18(28-20)23(5)6-7-26-11-24/h8-12H,6-7,22H2,1-5H3/b15-8+. The van der Waals surface area contributed by atoms with Gasteiger partial charge >= 0.3 is 0 Å². The van der Waals surface area contributed by atoms with Crippen molar-refractivity contribution >= 4 is 46.0 Å². The molecular weight excluding hydrogens is 392 g/mol. The largest absolute Gasteiger partial charge is 0.466 e. The summed E-state index contributed by atoms with van der Waals surface area (Å²) in [4.78, 5) is 28.0. The molecular formula is C21H26N2O3S2. The van der Waals surface area contributed by atoms with Crippen LogP contribution in [0.2, 0.25) is 0 Å². The molecule has 2 aromatic heterocycles. The molecule has 2 N–H and O–H groups in total.